The molecule has 0 saturated carbocycles. The van der Waals surface area contributed by atoms with Crippen LogP contribution >= 0.6 is 0 Å². The van der Waals surface area contributed by atoms with Gasteiger partial charge in [-0.2, -0.15) is 0 Å². The lowest BCUT2D eigenvalue weighted by molar-refractivity contribution is -0.136. The predicted molar refractivity (Wildman–Crippen MR) is 63.9 cm³/mol. The summed E-state index contributed by atoms with van der Waals surface area (Å²) in [4.78, 5) is 19.3. The first-order chi connectivity index (χ1) is 8.00. The quantitative estimate of drug-likeness (QED) is 0.876. The molecule has 0 aliphatic heterocycles. The van der Waals surface area contributed by atoms with Crippen LogP contribution in [0.3, 0.4) is 0 Å². The highest BCUT2D eigenvalue weighted by atomic mass is 16.4. The highest BCUT2D eigenvalue weighted by molar-refractivity contribution is 5.87. The number of aromatic nitrogens is 3. The Morgan fingerprint density at radius 3 is 2.76 bits per heavy atom. The van der Waals surface area contributed by atoms with Crippen molar-refractivity contribution in [1.29, 1.82) is 0 Å². The van der Waals surface area contributed by atoms with Gasteiger partial charge < -0.3 is 9.67 Å². The van der Waals surface area contributed by atoms with Crippen molar-refractivity contribution in [1.82, 2.24) is 14.5 Å². The van der Waals surface area contributed by atoms with Crippen LogP contribution in [0.5, 0.6) is 0 Å². The topological polar surface area (TPSA) is 68.0 Å². The summed E-state index contributed by atoms with van der Waals surface area (Å²) in [5, 5.41) is 9.80. The first kappa shape index (κ1) is 11.6. The van der Waals surface area contributed by atoms with E-state index in [9.17, 15) is 4.79 Å². The molecule has 2 rings (SSSR count). The fourth-order valence-corrected chi connectivity index (χ4v) is 2.06. The molecule has 0 saturated heterocycles. The van der Waals surface area contributed by atoms with Gasteiger partial charge in [-0.15, -0.1) is 0 Å². The van der Waals surface area contributed by atoms with Crippen molar-refractivity contribution in [3.05, 3.63) is 23.8 Å². The highest BCUT2D eigenvalue weighted by Crippen LogP contribution is 2.26. The lowest BCUT2D eigenvalue weighted by Crippen LogP contribution is -2.02. The van der Waals surface area contributed by atoms with E-state index in [4.69, 9.17) is 5.11 Å². The highest BCUT2D eigenvalue weighted by Gasteiger charge is 2.16. The van der Waals surface area contributed by atoms with Crippen molar-refractivity contribution in [2.75, 3.05) is 0 Å². The number of hydrogen-bond acceptors (Lipinski definition) is 3. The number of fused-ring (bicyclic) bond motifs is 1. The molecule has 0 atom stereocenters. The lowest BCUT2D eigenvalue weighted by Gasteiger charge is -2.06. The summed E-state index contributed by atoms with van der Waals surface area (Å²) >= 11 is 0. The first-order valence-corrected chi connectivity index (χ1v) is 5.51. The van der Waals surface area contributed by atoms with Gasteiger partial charge in [-0.1, -0.05) is 13.8 Å². The second-order valence-electron chi connectivity index (χ2n) is 4.45. The molecule has 5 heteroatoms. The van der Waals surface area contributed by atoms with Crippen LogP contribution in [0.4, 0.5) is 0 Å². The zero-order valence-corrected chi connectivity index (χ0v) is 10.1. The van der Waals surface area contributed by atoms with Gasteiger partial charge in [0, 0.05) is 18.6 Å². The zero-order chi connectivity index (χ0) is 12.6. The van der Waals surface area contributed by atoms with E-state index in [-0.39, 0.29) is 12.3 Å². The largest absolute Gasteiger partial charge is 0.481 e. The van der Waals surface area contributed by atoms with Gasteiger partial charge in [-0.25, -0.2) is 9.97 Å². The monoisotopic (exact) mass is 233 g/mol. The van der Waals surface area contributed by atoms with Gasteiger partial charge >= 0.3 is 5.97 Å². The van der Waals surface area contributed by atoms with Gasteiger partial charge in [-0.05, 0) is 11.5 Å². The van der Waals surface area contributed by atoms with Crippen molar-refractivity contribution in [2.24, 2.45) is 7.05 Å². The Morgan fingerprint density at radius 1 is 1.47 bits per heavy atom. The molecule has 0 aliphatic rings. The number of aliphatic carboxylic acids is 1. The van der Waals surface area contributed by atoms with Crippen LogP contribution in [0.1, 0.15) is 31.0 Å². The van der Waals surface area contributed by atoms with E-state index in [1.807, 2.05) is 31.7 Å². The van der Waals surface area contributed by atoms with Crippen molar-refractivity contribution in [2.45, 2.75) is 26.2 Å². The number of hydrogen-bond donors (Lipinski definition) is 1. The minimum absolute atomic E-state index is 0.00440. The molecule has 0 radical (unpaired) electrons. The summed E-state index contributed by atoms with van der Waals surface area (Å²) in [6, 6.07) is 0. The number of rotatable bonds is 3. The Balaban J connectivity index is 2.72. The SMILES string of the molecule is CC(C)c1ncnc2c1c(CC(=O)O)cn2C. The fourth-order valence-electron chi connectivity index (χ4n) is 2.06. The normalized spacial score (nSPS) is 11.3. The van der Waals surface area contributed by atoms with Gasteiger partial charge in [0.05, 0.1) is 12.1 Å². The maximum atomic E-state index is 10.9. The van der Waals surface area contributed by atoms with Crippen molar-refractivity contribution >= 4 is 17.0 Å². The zero-order valence-electron chi connectivity index (χ0n) is 10.1. The van der Waals surface area contributed by atoms with Crippen LogP contribution in [0, 0.1) is 0 Å². The van der Waals surface area contributed by atoms with Crippen LogP contribution in [-0.4, -0.2) is 25.6 Å². The third kappa shape index (κ3) is 2.00. The van der Waals surface area contributed by atoms with E-state index in [0.717, 1.165) is 22.3 Å². The molecule has 0 spiro atoms. The molecule has 2 aromatic rings. The van der Waals surface area contributed by atoms with Crippen molar-refractivity contribution < 1.29 is 9.90 Å². The molecular weight excluding hydrogens is 218 g/mol. The first-order valence-electron chi connectivity index (χ1n) is 5.51. The number of carbonyl (C=O) groups is 1. The third-order valence-corrected chi connectivity index (χ3v) is 2.75. The standard InChI is InChI=1S/C12H15N3O2/c1-7(2)11-10-8(4-9(16)17)5-15(3)12(10)14-6-13-11/h5-7H,4H2,1-3H3,(H,16,17). The molecule has 0 bridgehead atoms. The van der Waals surface area contributed by atoms with Crippen LogP contribution in [0.15, 0.2) is 12.5 Å². The predicted octanol–water partition coefficient (Wildman–Crippen LogP) is 1.72. The molecule has 1 N–H and O–H groups in total. The van der Waals surface area contributed by atoms with E-state index < -0.39 is 5.97 Å². The number of carboxylic acid groups (broad SMARTS) is 1. The number of carboxylic acids is 1. The molecule has 5 nitrogen and oxygen atoms in total. The Morgan fingerprint density at radius 2 is 2.18 bits per heavy atom. The van der Waals surface area contributed by atoms with Crippen molar-refractivity contribution in [3.8, 4) is 0 Å². The van der Waals surface area contributed by atoms with E-state index in [1.165, 1.54) is 6.33 Å². The Kier molecular flexibility index (Phi) is 2.83. The molecule has 0 aromatic carbocycles. The van der Waals surface area contributed by atoms with Gasteiger partial charge in [-0.3, -0.25) is 4.79 Å². The van der Waals surface area contributed by atoms with Gasteiger partial charge in [0.25, 0.3) is 0 Å². The molecule has 0 unspecified atom stereocenters. The summed E-state index contributed by atoms with van der Waals surface area (Å²) in [7, 11) is 1.87. The van der Waals surface area contributed by atoms with Gasteiger partial charge in [0.1, 0.15) is 12.0 Å². The lowest BCUT2D eigenvalue weighted by atomic mass is 10.0. The number of aryl methyl sites for hydroxylation is 1. The summed E-state index contributed by atoms with van der Waals surface area (Å²) in [6.07, 6.45) is 3.35. The Bertz CT molecular complexity index is 572. The van der Waals surface area contributed by atoms with Crippen LogP contribution in [0.25, 0.3) is 11.0 Å². The molecule has 0 amide bonds. The maximum absolute atomic E-state index is 10.9. The summed E-state index contributed by atoms with van der Waals surface area (Å²) < 4.78 is 1.85. The van der Waals surface area contributed by atoms with Crippen LogP contribution < -0.4 is 0 Å². The van der Waals surface area contributed by atoms with Crippen LogP contribution in [0.2, 0.25) is 0 Å². The summed E-state index contributed by atoms with van der Waals surface area (Å²) in [5.41, 5.74) is 2.48. The molecular formula is C12H15N3O2. The molecule has 0 aliphatic carbocycles. The van der Waals surface area contributed by atoms with Gasteiger partial charge in [0.2, 0.25) is 0 Å². The molecule has 17 heavy (non-hydrogen) atoms. The van der Waals surface area contributed by atoms with E-state index in [2.05, 4.69) is 9.97 Å². The fraction of sp³-hybridized carbons (Fsp3) is 0.417. The minimum atomic E-state index is -0.837. The van der Waals surface area contributed by atoms with E-state index in [0.29, 0.717) is 0 Å². The third-order valence-electron chi connectivity index (χ3n) is 2.75. The average Bonchev–Trinajstić information content (AvgIpc) is 2.55. The molecule has 2 heterocycles. The molecule has 90 valence electrons. The second kappa shape index (κ2) is 4.16. The van der Waals surface area contributed by atoms with Crippen LogP contribution in [-0.2, 0) is 18.3 Å². The second-order valence-corrected chi connectivity index (χ2v) is 4.45. The average molecular weight is 233 g/mol. The Labute approximate surface area is 99.1 Å². The van der Waals surface area contributed by atoms with Gasteiger partial charge in [0.15, 0.2) is 0 Å². The van der Waals surface area contributed by atoms with Crippen molar-refractivity contribution in [3.63, 3.8) is 0 Å². The molecule has 0 fully saturated rings. The minimum Gasteiger partial charge on any atom is -0.481 e. The number of nitrogens with zero attached hydrogens (tertiary/aromatic N) is 3. The molecule has 2 aromatic heterocycles. The maximum Gasteiger partial charge on any atom is 0.307 e. The smallest absolute Gasteiger partial charge is 0.307 e. The summed E-state index contributed by atoms with van der Waals surface area (Å²) in [6.45, 7) is 4.08. The van der Waals surface area contributed by atoms with E-state index in [1.54, 1.807) is 0 Å². The summed E-state index contributed by atoms with van der Waals surface area (Å²) in [5.74, 6) is -0.591. The van der Waals surface area contributed by atoms with E-state index >= 15 is 0 Å². The Hall–Kier alpha value is -1.91.